The van der Waals surface area contributed by atoms with Crippen molar-refractivity contribution in [3.8, 4) is 11.5 Å². The van der Waals surface area contributed by atoms with Crippen molar-refractivity contribution in [2.45, 2.75) is 31.8 Å². The molecule has 4 atom stereocenters. The summed E-state index contributed by atoms with van der Waals surface area (Å²) in [5.74, 6) is -1.62. The van der Waals surface area contributed by atoms with E-state index in [4.69, 9.17) is 14.2 Å². The van der Waals surface area contributed by atoms with Crippen LogP contribution in [0.15, 0.2) is 18.2 Å². The summed E-state index contributed by atoms with van der Waals surface area (Å²) in [6.45, 7) is 3.71. The number of carbonyl (C=O) groups excluding carboxylic acids is 3. The van der Waals surface area contributed by atoms with Gasteiger partial charge in [0.2, 0.25) is 11.8 Å². The molecule has 0 unspecified atom stereocenters. The van der Waals surface area contributed by atoms with Crippen molar-refractivity contribution < 1.29 is 28.6 Å². The highest BCUT2D eigenvalue weighted by Gasteiger charge is 2.67. The lowest BCUT2D eigenvalue weighted by Gasteiger charge is -2.31. The summed E-state index contributed by atoms with van der Waals surface area (Å²) >= 11 is 0. The first-order valence-electron chi connectivity index (χ1n) is 9.34. The number of rotatable bonds is 6. The molecule has 0 radical (unpaired) electrons. The lowest BCUT2D eigenvalue weighted by Crippen LogP contribution is -2.55. The minimum atomic E-state index is -1.27. The van der Waals surface area contributed by atoms with Crippen LogP contribution in [-0.4, -0.2) is 56.1 Å². The molecule has 8 heteroatoms. The highest BCUT2D eigenvalue weighted by Crippen LogP contribution is 2.51. The van der Waals surface area contributed by atoms with Crippen LogP contribution < -0.4 is 14.8 Å². The Kier molecular flexibility index (Phi) is 5.34. The van der Waals surface area contributed by atoms with Crippen LogP contribution >= 0.6 is 0 Å². The maximum absolute atomic E-state index is 12.9. The van der Waals surface area contributed by atoms with E-state index in [2.05, 4.69) is 5.32 Å². The second-order valence-corrected chi connectivity index (χ2v) is 7.01. The van der Waals surface area contributed by atoms with E-state index in [9.17, 15) is 14.4 Å². The van der Waals surface area contributed by atoms with E-state index < -0.39 is 29.4 Å². The van der Waals surface area contributed by atoms with Crippen molar-refractivity contribution in [3.05, 3.63) is 23.8 Å². The molecule has 0 bridgehead atoms. The van der Waals surface area contributed by atoms with E-state index in [1.807, 2.05) is 6.92 Å². The van der Waals surface area contributed by atoms with Crippen LogP contribution in [0.3, 0.4) is 0 Å². The number of amides is 2. The number of fused-ring (bicyclic) bond motifs is 1. The average molecular weight is 390 g/mol. The standard InChI is InChI=1S/C20H26N2O6/c1-6-20(19(25)28-7-2)15-14(17(23)22(3)18(15)24)16(21-20)12-9-8-11(26-4)10-13(12)27-5/h8-10,14-16,21H,6-7H2,1-5H3/t14-,15-,16+,20+/m0/s1. The fraction of sp³-hybridized carbons (Fsp3) is 0.550. The van der Waals surface area contributed by atoms with E-state index >= 15 is 0 Å². The molecule has 1 N–H and O–H groups in total. The Hall–Kier alpha value is -2.61. The number of ether oxygens (including phenoxy) is 3. The number of nitrogens with zero attached hydrogens (tertiary/aromatic N) is 1. The Labute approximate surface area is 164 Å². The largest absolute Gasteiger partial charge is 0.497 e. The number of methoxy groups -OCH3 is 2. The van der Waals surface area contributed by atoms with Gasteiger partial charge in [0.15, 0.2) is 0 Å². The zero-order valence-corrected chi connectivity index (χ0v) is 16.8. The first kappa shape index (κ1) is 20.1. The Morgan fingerprint density at radius 2 is 1.89 bits per heavy atom. The topological polar surface area (TPSA) is 94.2 Å². The molecule has 2 heterocycles. The number of hydrogen-bond donors (Lipinski definition) is 1. The predicted molar refractivity (Wildman–Crippen MR) is 99.8 cm³/mol. The molecule has 0 spiro atoms. The minimum absolute atomic E-state index is 0.189. The van der Waals surface area contributed by atoms with Gasteiger partial charge in [0.25, 0.3) is 0 Å². The normalized spacial score (nSPS) is 29.0. The van der Waals surface area contributed by atoms with Crippen LogP contribution in [0.1, 0.15) is 31.9 Å². The van der Waals surface area contributed by atoms with Crippen molar-refractivity contribution >= 4 is 17.8 Å². The molecule has 2 amide bonds. The van der Waals surface area contributed by atoms with Gasteiger partial charge in [-0.05, 0) is 19.4 Å². The Morgan fingerprint density at radius 3 is 2.46 bits per heavy atom. The van der Waals surface area contributed by atoms with Gasteiger partial charge < -0.3 is 14.2 Å². The third-order valence-corrected chi connectivity index (χ3v) is 5.85. The SMILES string of the molecule is CCOC(=O)[C@]1(CC)N[C@H](c2ccc(OC)cc2OC)[C@H]2C(=O)N(C)C(=O)[C@H]21. The second kappa shape index (κ2) is 7.43. The molecule has 152 valence electrons. The van der Waals surface area contributed by atoms with Crippen LogP contribution in [0, 0.1) is 11.8 Å². The Bertz CT molecular complexity index is 810. The van der Waals surface area contributed by atoms with Gasteiger partial charge in [-0.2, -0.15) is 0 Å². The van der Waals surface area contributed by atoms with Crippen molar-refractivity contribution in [1.82, 2.24) is 10.2 Å². The molecular weight excluding hydrogens is 364 g/mol. The summed E-state index contributed by atoms with van der Waals surface area (Å²) in [4.78, 5) is 39.9. The number of carbonyl (C=O) groups is 3. The molecule has 3 rings (SSSR count). The molecule has 2 aliphatic rings. The van der Waals surface area contributed by atoms with Gasteiger partial charge in [-0.25, -0.2) is 0 Å². The minimum Gasteiger partial charge on any atom is -0.497 e. The van der Waals surface area contributed by atoms with Gasteiger partial charge in [0, 0.05) is 24.7 Å². The van der Waals surface area contributed by atoms with Gasteiger partial charge in [-0.3, -0.25) is 24.6 Å². The Balaban J connectivity index is 2.15. The highest BCUT2D eigenvalue weighted by molar-refractivity contribution is 6.09. The first-order chi connectivity index (χ1) is 13.4. The van der Waals surface area contributed by atoms with Gasteiger partial charge >= 0.3 is 5.97 Å². The molecule has 2 saturated heterocycles. The third-order valence-electron chi connectivity index (χ3n) is 5.85. The number of benzene rings is 1. The van der Waals surface area contributed by atoms with E-state index in [0.717, 1.165) is 4.90 Å². The summed E-state index contributed by atoms with van der Waals surface area (Å²) in [6.07, 6.45) is 0.314. The number of hydrogen-bond acceptors (Lipinski definition) is 7. The Morgan fingerprint density at radius 1 is 1.18 bits per heavy atom. The van der Waals surface area contributed by atoms with Crippen LogP contribution in [-0.2, 0) is 19.1 Å². The fourth-order valence-corrected chi connectivity index (χ4v) is 4.41. The van der Waals surface area contributed by atoms with Crippen LogP contribution in [0.2, 0.25) is 0 Å². The number of imide groups is 1. The fourth-order valence-electron chi connectivity index (χ4n) is 4.41. The molecule has 0 aliphatic carbocycles. The molecule has 0 saturated carbocycles. The molecule has 0 aromatic heterocycles. The van der Waals surface area contributed by atoms with Crippen molar-refractivity contribution in [2.24, 2.45) is 11.8 Å². The number of esters is 1. The van der Waals surface area contributed by atoms with E-state index in [1.54, 1.807) is 32.2 Å². The number of likely N-dealkylation sites (tertiary alicyclic amines) is 1. The third kappa shape index (κ3) is 2.74. The molecule has 1 aromatic rings. The van der Waals surface area contributed by atoms with Crippen molar-refractivity contribution in [2.75, 3.05) is 27.9 Å². The summed E-state index contributed by atoms with van der Waals surface area (Å²) in [5.41, 5.74) is -0.581. The van der Waals surface area contributed by atoms with Crippen molar-refractivity contribution in [1.29, 1.82) is 0 Å². The van der Waals surface area contributed by atoms with Crippen LogP contribution in [0.4, 0.5) is 0 Å². The molecule has 2 fully saturated rings. The monoisotopic (exact) mass is 390 g/mol. The van der Waals surface area contributed by atoms with E-state index in [1.165, 1.54) is 14.2 Å². The summed E-state index contributed by atoms with van der Waals surface area (Å²) < 4.78 is 16.0. The zero-order valence-electron chi connectivity index (χ0n) is 16.8. The first-order valence-corrected chi connectivity index (χ1v) is 9.34. The van der Waals surface area contributed by atoms with Gasteiger partial charge in [0.05, 0.1) is 32.7 Å². The van der Waals surface area contributed by atoms with Gasteiger partial charge in [0.1, 0.15) is 17.0 Å². The molecule has 2 aliphatic heterocycles. The lowest BCUT2D eigenvalue weighted by molar-refractivity contribution is -0.156. The molecular formula is C20H26N2O6. The van der Waals surface area contributed by atoms with Crippen LogP contribution in [0.5, 0.6) is 11.5 Å². The maximum atomic E-state index is 12.9. The zero-order chi connectivity index (χ0) is 20.6. The number of nitrogens with one attached hydrogen (secondary N) is 1. The smallest absolute Gasteiger partial charge is 0.327 e. The average Bonchev–Trinajstić information content (AvgIpc) is 3.17. The van der Waals surface area contributed by atoms with Crippen LogP contribution in [0.25, 0.3) is 0 Å². The van der Waals surface area contributed by atoms with E-state index in [0.29, 0.717) is 23.5 Å². The highest BCUT2D eigenvalue weighted by atomic mass is 16.5. The van der Waals surface area contributed by atoms with Gasteiger partial charge in [-0.1, -0.05) is 13.0 Å². The second-order valence-electron chi connectivity index (χ2n) is 7.01. The lowest BCUT2D eigenvalue weighted by atomic mass is 9.78. The quantitative estimate of drug-likeness (QED) is 0.578. The maximum Gasteiger partial charge on any atom is 0.327 e. The molecule has 1 aromatic carbocycles. The molecule has 8 nitrogen and oxygen atoms in total. The summed E-state index contributed by atoms with van der Waals surface area (Å²) in [7, 11) is 4.53. The van der Waals surface area contributed by atoms with E-state index in [-0.39, 0.29) is 18.4 Å². The van der Waals surface area contributed by atoms with Crippen molar-refractivity contribution in [3.63, 3.8) is 0 Å². The van der Waals surface area contributed by atoms with Gasteiger partial charge in [-0.15, -0.1) is 0 Å². The summed E-state index contributed by atoms with van der Waals surface area (Å²) in [5, 5.41) is 3.29. The molecule has 28 heavy (non-hydrogen) atoms. The predicted octanol–water partition coefficient (Wildman–Crippen LogP) is 1.29. The summed E-state index contributed by atoms with van der Waals surface area (Å²) in [6, 6.07) is 4.69.